The Morgan fingerprint density at radius 3 is 2.86 bits per heavy atom. The largest absolute Gasteiger partial charge is 0.494 e. The molecule has 3 nitrogen and oxygen atoms in total. The van der Waals surface area contributed by atoms with E-state index >= 15 is 0 Å². The SMILES string of the molecule is COc1cc(C(=O)Cc2nc3ccccc3s2)ccc1F. The minimum Gasteiger partial charge on any atom is -0.494 e. The number of fused-ring (bicyclic) bond motifs is 1. The molecule has 0 aliphatic heterocycles. The summed E-state index contributed by atoms with van der Waals surface area (Å²) in [7, 11) is 1.38. The van der Waals surface area contributed by atoms with Crippen molar-refractivity contribution in [1.29, 1.82) is 0 Å². The summed E-state index contributed by atoms with van der Waals surface area (Å²) >= 11 is 1.50. The summed E-state index contributed by atoms with van der Waals surface area (Å²) in [5, 5.41) is 0.754. The van der Waals surface area contributed by atoms with Crippen LogP contribution in [-0.4, -0.2) is 17.9 Å². The van der Waals surface area contributed by atoms with Crippen LogP contribution in [0.25, 0.3) is 10.2 Å². The number of hydrogen-bond acceptors (Lipinski definition) is 4. The molecule has 0 aliphatic rings. The number of rotatable bonds is 4. The molecule has 0 saturated heterocycles. The maximum atomic E-state index is 13.4. The summed E-state index contributed by atoms with van der Waals surface area (Å²) in [6.45, 7) is 0. The Kier molecular flexibility index (Phi) is 3.66. The summed E-state index contributed by atoms with van der Waals surface area (Å²) < 4.78 is 19.3. The van der Waals surface area contributed by atoms with Gasteiger partial charge in [0.1, 0.15) is 5.01 Å². The molecule has 0 aliphatic carbocycles. The monoisotopic (exact) mass is 301 g/mol. The number of ether oxygens (including phenoxy) is 1. The van der Waals surface area contributed by atoms with E-state index < -0.39 is 5.82 Å². The molecule has 0 fully saturated rings. The van der Waals surface area contributed by atoms with Gasteiger partial charge in [0.15, 0.2) is 17.3 Å². The standard InChI is InChI=1S/C16H12FNO2S/c1-20-14-8-10(6-7-11(14)17)13(19)9-16-18-12-4-2-3-5-15(12)21-16/h2-8H,9H2,1H3. The van der Waals surface area contributed by atoms with Crippen LogP contribution in [0.2, 0.25) is 0 Å². The Bertz CT molecular complexity index is 780. The number of carbonyl (C=O) groups excluding carboxylic acids is 1. The van der Waals surface area contributed by atoms with Gasteiger partial charge in [0.05, 0.1) is 23.7 Å². The van der Waals surface area contributed by atoms with Gasteiger partial charge in [-0.25, -0.2) is 9.37 Å². The highest BCUT2D eigenvalue weighted by Crippen LogP contribution is 2.24. The third-order valence-electron chi connectivity index (χ3n) is 3.12. The lowest BCUT2D eigenvalue weighted by Crippen LogP contribution is -2.04. The first kappa shape index (κ1) is 13.7. The second-order valence-electron chi connectivity index (χ2n) is 4.52. The van der Waals surface area contributed by atoms with Gasteiger partial charge in [-0.1, -0.05) is 12.1 Å². The number of aromatic nitrogens is 1. The highest BCUT2D eigenvalue weighted by Gasteiger charge is 2.13. The molecule has 3 rings (SSSR count). The number of carbonyl (C=O) groups is 1. The van der Waals surface area contributed by atoms with E-state index in [1.165, 1.54) is 36.6 Å². The Morgan fingerprint density at radius 1 is 1.29 bits per heavy atom. The molecule has 2 aromatic carbocycles. The summed E-state index contributed by atoms with van der Waals surface area (Å²) in [6, 6.07) is 11.9. The molecule has 1 heterocycles. The molecule has 0 spiro atoms. The van der Waals surface area contributed by atoms with Crippen LogP contribution in [0.4, 0.5) is 4.39 Å². The maximum Gasteiger partial charge on any atom is 0.169 e. The molecule has 1 aromatic heterocycles. The van der Waals surface area contributed by atoms with Crippen molar-refractivity contribution < 1.29 is 13.9 Å². The third-order valence-corrected chi connectivity index (χ3v) is 4.16. The molecular weight excluding hydrogens is 289 g/mol. The Labute approximate surface area is 125 Å². The van der Waals surface area contributed by atoms with E-state index in [2.05, 4.69) is 4.98 Å². The molecule has 0 saturated carbocycles. The molecule has 0 unspecified atom stereocenters. The number of halogens is 1. The van der Waals surface area contributed by atoms with Crippen LogP contribution in [0, 0.1) is 5.82 Å². The van der Waals surface area contributed by atoms with Crippen LogP contribution in [-0.2, 0) is 6.42 Å². The predicted octanol–water partition coefficient (Wildman–Crippen LogP) is 3.87. The van der Waals surface area contributed by atoms with Crippen LogP contribution in [0.3, 0.4) is 0 Å². The van der Waals surface area contributed by atoms with Gasteiger partial charge in [-0.15, -0.1) is 11.3 Å². The van der Waals surface area contributed by atoms with E-state index in [0.717, 1.165) is 15.2 Å². The van der Waals surface area contributed by atoms with Crippen molar-refractivity contribution in [3.8, 4) is 5.75 Å². The van der Waals surface area contributed by atoms with Gasteiger partial charge in [-0.05, 0) is 30.3 Å². The zero-order chi connectivity index (χ0) is 14.8. The van der Waals surface area contributed by atoms with Crippen LogP contribution >= 0.6 is 11.3 Å². The lowest BCUT2D eigenvalue weighted by Gasteiger charge is -2.04. The molecule has 3 aromatic rings. The average Bonchev–Trinajstić information content (AvgIpc) is 2.89. The topological polar surface area (TPSA) is 39.2 Å². The van der Waals surface area contributed by atoms with E-state index in [9.17, 15) is 9.18 Å². The number of methoxy groups -OCH3 is 1. The second kappa shape index (κ2) is 5.61. The van der Waals surface area contributed by atoms with E-state index in [-0.39, 0.29) is 18.0 Å². The Hall–Kier alpha value is -2.27. The average molecular weight is 301 g/mol. The van der Waals surface area contributed by atoms with Gasteiger partial charge in [-0.3, -0.25) is 4.79 Å². The molecule has 0 N–H and O–H groups in total. The predicted molar refractivity (Wildman–Crippen MR) is 80.6 cm³/mol. The lowest BCUT2D eigenvalue weighted by molar-refractivity contribution is 0.0992. The minimum absolute atomic E-state index is 0.0742. The quantitative estimate of drug-likeness (QED) is 0.687. The normalized spacial score (nSPS) is 10.8. The first-order chi connectivity index (χ1) is 10.2. The van der Waals surface area contributed by atoms with Gasteiger partial charge in [0, 0.05) is 5.56 Å². The highest BCUT2D eigenvalue weighted by molar-refractivity contribution is 7.18. The number of thiazole rings is 1. The van der Waals surface area contributed by atoms with Crippen LogP contribution in [0.15, 0.2) is 42.5 Å². The molecule has 0 radical (unpaired) electrons. The van der Waals surface area contributed by atoms with Gasteiger partial charge in [-0.2, -0.15) is 0 Å². The van der Waals surface area contributed by atoms with Crippen molar-refractivity contribution in [1.82, 2.24) is 4.98 Å². The highest BCUT2D eigenvalue weighted by atomic mass is 32.1. The van der Waals surface area contributed by atoms with Gasteiger partial charge in [0.2, 0.25) is 0 Å². The summed E-state index contributed by atoms with van der Waals surface area (Å²) in [4.78, 5) is 16.7. The number of benzene rings is 2. The molecular formula is C16H12FNO2S. The van der Waals surface area contributed by atoms with E-state index in [1.807, 2.05) is 24.3 Å². The zero-order valence-electron chi connectivity index (χ0n) is 11.3. The number of ketones is 1. The summed E-state index contributed by atoms with van der Waals surface area (Å²) in [5.41, 5.74) is 1.31. The number of Topliss-reactive ketones (excluding diaryl/α,β-unsaturated/α-hetero) is 1. The number of nitrogens with zero attached hydrogens (tertiary/aromatic N) is 1. The smallest absolute Gasteiger partial charge is 0.169 e. The second-order valence-corrected chi connectivity index (χ2v) is 5.64. The fraction of sp³-hybridized carbons (Fsp3) is 0.125. The van der Waals surface area contributed by atoms with E-state index in [4.69, 9.17) is 4.74 Å². The molecule has 21 heavy (non-hydrogen) atoms. The van der Waals surface area contributed by atoms with Crippen molar-refractivity contribution >= 4 is 27.3 Å². The van der Waals surface area contributed by atoms with E-state index in [0.29, 0.717) is 5.56 Å². The van der Waals surface area contributed by atoms with Crippen molar-refractivity contribution in [2.45, 2.75) is 6.42 Å². The van der Waals surface area contributed by atoms with Crippen molar-refractivity contribution in [2.75, 3.05) is 7.11 Å². The minimum atomic E-state index is -0.478. The van der Waals surface area contributed by atoms with Gasteiger partial charge in [0.25, 0.3) is 0 Å². The zero-order valence-corrected chi connectivity index (χ0v) is 12.1. The number of hydrogen-bond donors (Lipinski definition) is 0. The summed E-state index contributed by atoms with van der Waals surface area (Å²) in [5.74, 6) is -0.508. The van der Waals surface area contributed by atoms with Crippen molar-refractivity contribution in [3.05, 3.63) is 58.9 Å². The first-order valence-electron chi connectivity index (χ1n) is 6.38. The Balaban J connectivity index is 1.85. The Morgan fingerprint density at radius 2 is 2.10 bits per heavy atom. The third kappa shape index (κ3) is 2.78. The maximum absolute atomic E-state index is 13.4. The lowest BCUT2D eigenvalue weighted by atomic mass is 10.1. The van der Waals surface area contributed by atoms with Crippen LogP contribution in [0.5, 0.6) is 5.75 Å². The van der Waals surface area contributed by atoms with Gasteiger partial charge < -0.3 is 4.74 Å². The number of para-hydroxylation sites is 1. The molecule has 0 amide bonds. The molecule has 0 atom stereocenters. The fourth-order valence-corrected chi connectivity index (χ4v) is 3.03. The molecule has 0 bridgehead atoms. The fourth-order valence-electron chi connectivity index (χ4n) is 2.07. The van der Waals surface area contributed by atoms with E-state index in [1.54, 1.807) is 0 Å². The van der Waals surface area contributed by atoms with Crippen LogP contribution in [0.1, 0.15) is 15.4 Å². The molecule has 106 valence electrons. The van der Waals surface area contributed by atoms with Crippen molar-refractivity contribution in [3.63, 3.8) is 0 Å². The van der Waals surface area contributed by atoms with Gasteiger partial charge >= 0.3 is 0 Å². The van der Waals surface area contributed by atoms with Crippen LogP contribution < -0.4 is 4.74 Å². The first-order valence-corrected chi connectivity index (χ1v) is 7.20. The molecule has 5 heteroatoms. The van der Waals surface area contributed by atoms with Crippen molar-refractivity contribution in [2.24, 2.45) is 0 Å². The summed E-state index contributed by atoms with van der Waals surface area (Å²) in [6.07, 6.45) is 0.203.